The third kappa shape index (κ3) is 6.42. The number of carbonyl (C=O) groups is 1. The van der Waals surface area contributed by atoms with Crippen LogP contribution in [0.1, 0.15) is 76.9 Å². The molecule has 0 N–H and O–H groups in total. The fraction of sp³-hybridized carbons (Fsp3) is 0.500. The minimum Gasteiger partial charge on any atom is -0.541 e. The second kappa shape index (κ2) is 9.56. The van der Waals surface area contributed by atoms with Gasteiger partial charge in [0, 0.05) is 25.0 Å². The van der Waals surface area contributed by atoms with E-state index >= 15 is 0 Å². The number of carbonyl (C=O) groups excluding carboxylic acids is 1. The highest BCUT2D eigenvalue weighted by molar-refractivity contribution is 6.75. The third-order valence-electron chi connectivity index (χ3n) is 7.55. The Bertz CT molecular complexity index is 1250. The smallest absolute Gasteiger partial charge is 0.346 e. The van der Waals surface area contributed by atoms with Crippen molar-refractivity contribution in [1.82, 2.24) is 0 Å². The van der Waals surface area contributed by atoms with E-state index in [9.17, 15) is 4.79 Å². The van der Waals surface area contributed by atoms with Crippen molar-refractivity contribution in [1.29, 1.82) is 0 Å². The van der Waals surface area contributed by atoms with Crippen LogP contribution >= 0.6 is 0 Å². The fourth-order valence-corrected chi connectivity index (χ4v) is 5.28. The van der Waals surface area contributed by atoms with Gasteiger partial charge < -0.3 is 18.3 Å². The van der Waals surface area contributed by atoms with Gasteiger partial charge in [0.15, 0.2) is 0 Å². The molecule has 0 atom stereocenters. The Morgan fingerprint density at radius 3 is 1.92 bits per heavy atom. The Labute approximate surface area is 225 Å². The van der Waals surface area contributed by atoms with Gasteiger partial charge in [0.2, 0.25) is 5.79 Å². The highest BCUT2D eigenvalue weighted by Gasteiger charge is 2.42. The summed E-state index contributed by atoms with van der Waals surface area (Å²) < 4.78 is 24.7. The normalized spacial score (nSPS) is 15.5. The van der Waals surface area contributed by atoms with E-state index in [2.05, 4.69) is 79.6 Å². The molecule has 200 valence electrons. The van der Waals surface area contributed by atoms with E-state index in [1.807, 2.05) is 24.3 Å². The second-order valence-electron chi connectivity index (χ2n) is 13.2. The first-order valence-electron chi connectivity index (χ1n) is 12.8. The number of esters is 1. The van der Waals surface area contributed by atoms with Crippen molar-refractivity contribution in [3.63, 3.8) is 0 Å². The van der Waals surface area contributed by atoms with Gasteiger partial charge in [0.25, 0.3) is 16.6 Å². The molecule has 1 heterocycles. The predicted molar refractivity (Wildman–Crippen MR) is 155 cm³/mol. The minimum atomic E-state index is -2.14. The van der Waals surface area contributed by atoms with Crippen molar-refractivity contribution in [3.8, 4) is 29.1 Å². The molecule has 3 rings (SSSR count). The molecule has 0 aromatic heterocycles. The van der Waals surface area contributed by atoms with Gasteiger partial charge in [-0.25, -0.2) is 4.79 Å². The number of rotatable bonds is 4. The molecule has 37 heavy (non-hydrogen) atoms. The quantitative estimate of drug-likeness (QED) is 0.223. The van der Waals surface area contributed by atoms with Crippen molar-refractivity contribution in [2.75, 3.05) is 0 Å². The van der Waals surface area contributed by atoms with Crippen LogP contribution in [0.5, 0.6) is 17.2 Å². The zero-order valence-electron chi connectivity index (χ0n) is 24.5. The maximum atomic E-state index is 12.7. The highest BCUT2D eigenvalue weighted by Crippen LogP contribution is 2.43. The molecule has 0 saturated carbocycles. The van der Waals surface area contributed by atoms with Crippen LogP contribution in [0.4, 0.5) is 0 Å². The lowest BCUT2D eigenvalue weighted by molar-refractivity contribution is -0.127. The van der Waals surface area contributed by atoms with Gasteiger partial charge in [-0.15, -0.1) is 0 Å². The van der Waals surface area contributed by atoms with Gasteiger partial charge >= 0.3 is 5.97 Å². The van der Waals surface area contributed by atoms with Gasteiger partial charge in [0.05, 0.1) is 0 Å². The fourth-order valence-electron chi connectivity index (χ4n) is 3.24. The molecule has 7 heteroatoms. The molecule has 1 aliphatic heterocycles. The molecule has 2 aromatic carbocycles. The van der Waals surface area contributed by atoms with Crippen LogP contribution in [0, 0.1) is 11.8 Å². The van der Waals surface area contributed by atoms with Crippen LogP contribution in [-0.4, -0.2) is 28.4 Å². The second-order valence-corrected chi connectivity index (χ2v) is 22.7. The number of fused-ring (bicyclic) bond motifs is 1. The van der Waals surface area contributed by atoms with E-state index in [0.29, 0.717) is 16.9 Å². The van der Waals surface area contributed by atoms with Crippen molar-refractivity contribution in [2.24, 2.45) is 0 Å². The number of benzene rings is 2. The monoisotopic (exact) mass is 538 g/mol. The molecular formula is C30H42O5Si2. The average molecular weight is 539 g/mol. The zero-order valence-corrected chi connectivity index (χ0v) is 26.5. The molecule has 0 bridgehead atoms. The molecule has 0 saturated heterocycles. The number of ether oxygens (including phenoxy) is 2. The summed E-state index contributed by atoms with van der Waals surface area (Å²) in [6.07, 6.45) is 0. The first-order valence-corrected chi connectivity index (χ1v) is 18.6. The first-order chi connectivity index (χ1) is 16.7. The molecular weight excluding hydrogens is 496 g/mol. The van der Waals surface area contributed by atoms with E-state index in [1.54, 1.807) is 26.0 Å². The van der Waals surface area contributed by atoms with Crippen LogP contribution in [0.3, 0.4) is 0 Å². The summed E-state index contributed by atoms with van der Waals surface area (Å²) in [6.45, 7) is 25.7. The summed E-state index contributed by atoms with van der Waals surface area (Å²) in [4.78, 5) is 12.7. The van der Waals surface area contributed by atoms with Crippen LogP contribution in [0.15, 0.2) is 36.4 Å². The lowest BCUT2D eigenvalue weighted by Crippen LogP contribution is -2.45. The SMILES string of the molecule is CC1(C)OC(=O)c2c(C#Cc3ccc(O[Si](C)(C)C(C)(C)C)c(O[Si](C)(C)C(C)(C)C)c3)cccc2O1. The van der Waals surface area contributed by atoms with Gasteiger partial charge in [-0.3, -0.25) is 0 Å². The van der Waals surface area contributed by atoms with Gasteiger partial charge in [-0.2, -0.15) is 0 Å². The van der Waals surface area contributed by atoms with E-state index < -0.39 is 28.4 Å². The first kappa shape index (κ1) is 28.9. The molecule has 1 aliphatic rings. The van der Waals surface area contributed by atoms with Crippen molar-refractivity contribution >= 4 is 22.6 Å². The molecule has 0 spiro atoms. The summed E-state index contributed by atoms with van der Waals surface area (Å²) in [7, 11) is -4.23. The van der Waals surface area contributed by atoms with Crippen LogP contribution < -0.4 is 13.6 Å². The van der Waals surface area contributed by atoms with Crippen molar-refractivity contribution in [3.05, 3.63) is 53.1 Å². The standard InChI is InChI=1S/C30H42O5Si2/c1-28(2,3)36(9,10)34-23-19-17-21(20-25(23)35-37(11,12)29(4,5)6)16-18-22-14-13-15-24-26(22)27(31)33-30(7,8)32-24/h13-15,17,19-20H,1-12H3. The average Bonchev–Trinajstić information content (AvgIpc) is 2.70. The van der Waals surface area contributed by atoms with E-state index in [-0.39, 0.29) is 10.1 Å². The van der Waals surface area contributed by atoms with Crippen molar-refractivity contribution < 1.29 is 23.1 Å². The maximum Gasteiger partial charge on any atom is 0.346 e. The summed E-state index contributed by atoms with van der Waals surface area (Å²) in [6, 6.07) is 11.3. The third-order valence-corrected chi connectivity index (χ3v) is 16.2. The molecule has 2 aromatic rings. The summed E-state index contributed by atoms with van der Waals surface area (Å²) in [5, 5.41) is 0.0809. The minimum absolute atomic E-state index is 0.0279. The molecule has 0 amide bonds. The molecule has 0 aliphatic carbocycles. The summed E-state index contributed by atoms with van der Waals surface area (Å²) in [5.41, 5.74) is 1.69. The lowest BCUT2D eigenvalue weighted by Gasteiger charge is -2.39. The lowest BCUT2D eigenvalue weighted by atomic mass is 10.0. The van der Waals surface area contributed by atoms with Crippen LogP contribution in [-0.2, 0) is 4.74 Å². The van der Waals surface area contributed by atoms with E-state index in [1.165, 1.54) is 0 Å². The van der Waals surface area contributed by atoms with Gasteiger partial charge in [-0.1, -0.05) is 59.4 Å². The molecule has 5 nitrogen and oxygen atoms in total. The van der Waals surface area contributed by atoms with E-state index in [0.717, 1.165) is 17.1 Å². The maximum absolute atomic E-state index is 12.7. The Morgan fingerprint density at radius 2 is 1.35 bits per heavy atom. The number of hydrogen-bond acceptors (Lipinski definition) is 5. The topological polar surface area (TPSA) is 54.0 Å². The Kier molecular flexibility index (Phi) is 7.46. The van der Waals surface area contributed by atoms with Crippen LogP contribution in [0.2, 0.25) is 36.3 Å². The molecule has 0 fully saturated rings. The number of hydrogen-bond donors (Lipinski definition) is 0. The molecule has 0 unspecified atom stereocenters. The largest absolute Gasteiger partial charge is 0.541 e. The summed E-state index contributed by atoms with van der Waals surface area (Å²) in [5.74, 6) is 6.89. The Morgan fingerprint density at radius 1 is 0.784 bits per heavy atom. The van der Waals surface area contributed by atoms with Crippen molar-refractivity contribution in [2.45, 2.75) is 97.4 Å². The van der Waals surface area contributed by atoms with E-state index in [4.69, 9.17) is 18.3 Å². The highest BCUT2D eigenvalue weighted by atomic mass is 28.4. The van der Waals surface area contributed by atoms with Crippen LogP contribution in [0.25, 0.3) is 0 Å². The predicted octanol–water partition coefficient (Wildman–Crippen LogP) is 8.14. The Balaban J connectivity index is 2.05. The Hall–Kier alpha value is -2.70. The molecule has 0 radical (unpaired) electrons. The zero-order chi connectivity index (χ0) is 28.0. The van der Waals surface area contributed by atoms with Gasteiger partial charge in [0.1, 0.15) is 22.8 Å². The summed E-state index contributed by atoms with van der Waals surface area (Å²) >= 11 is 0. The van der Waals surface area contributed by atoms with Gasteiger partial charge in [-0.05, 0) is 66.6 Å². The number of cyclic esters (lactones) is 1.